The zero-order chi connectivity index (χ0) is 10.4. The standard InChI is InChI=1S/C12H25NS/c1-4-8-13-11-7-6-10(5-2)9-12(11)14-3/h10-13H,4-9H2,1-3H3. The summed E-state index contributed by atoms with van der Waals surface area (Å²) in [6.07, 6.45) is 9.16. The highest BCUT2D eigenvalue weighted by Crippen LogP contribution is 2.32. The van der Waals surface area contributed by atoms with Crippen LogP contribution in [-0.2, 0) is 0 Å². The summed E-state index contributed by atoms with van der Waals surface area (Å²) in [5.41, 5.74) is 0. The molecule has 1 rings (SSSR count). The van der Waals surface area contributed by atoms with Crippen molar-refractivity contribution in [1.82, 2.24) is 5.32 Å². The lowest BCUT2D eigenvalue weighted by Gasteiger charge is -2.35. The first-order valence-corrected chi connectivity index (χ1v) is 7.36. The Hall–Kier alpha value is 0.310. The fraction of sp³-hybridized carbons (Fsp3) is 1.00. The molecule has 1 N–H and O–H groups in total. The van der Waals surface area contributed by atoms with E-state index in [2.05, 4.69) is 37.2 Å². The summed E-state index contributed by atoms with van der Waals surface area (Å²) < 4.78 is 0. The van der Waals surface area contributed by atoms with E-state index in [1.165, 1.54) is 38.6 Å². The second kappa shape index (κ2) is 6.73. The van der Waals surface area contributed by atoms with Gasteiger partial charge < -0.3 is 5.32 Å². The van der Waals surface area contributed by atoms with Crippen LogP contribution in [0.1, 0.15) is 46.0 Å². The van der Waals surface area contributed by atoms with Crippen LogP contribution >= 0.6 is 11.8 Å². The van der Waals surface area contributed by atoms with Crippen LogP contribution in [0.25, 0.3) is 0 Å². The minimum Gasteiger partial charge on any atom is -0.313 e. The molecular formula is C12H25NS. The second-order valence-electron chi connectivity index (χ2n) is 4.42. The Kier molecular flexibility index (Phi) is 5.95. The van der Waals surface area contributed by atoms with Gasteiger partial charge in [-0.25, -0.2) is 0 Å². The minimum atomic E-state index is 0.785. The zero-order valence-corrected chi connectivity index (χ0v) is 10.7. The van der Waals surface area contributed by atoms with Gasteiger partial charge >= 0.3 is 0 Å². The Labute approximate surface area is 93.4 Å². The fourth-order valence-corrected chi connectivity index (χ4v) is 3.43. The van der Waals surface area contributed by atoms with E-state index in [1.807, 2.05) is 0 Å². The molecule has 1 aliphatic rings. The second-order valence-corrected chi connectivity index (χ2v) is 5.50. The van der Waals surface area contributed by atoms with Crippen LogP contribution in [-0.4, -0.2) is 24.1 Å². The first-order chi connectivity index (χ1) is 6.81. The van der Waals surface area contributed by atoms with Crippen molar-refractivity contribution in [2.45, 2.75) is 57.2 Å². The molecule has 0 aromatic heterocycles. The maximum atomic E-state index is 3.70. The van der Waals surface area contributed by atoms with E-state index >= 15 is 0 Å². The monoisotopic (exact) mass is 215 g/mol. The summed E-state index contributed by atoms with van der Waals surface area (Å²) in [7, 11) is 0. The molecule has 2 heteroatoms. The first-order valence-electron chi connectivity index (χ1n) is 6.07. The summed E-state index contributed by atoms with van der Waals surface area (Å²) in [5.74, 6) is 0.993. The van der Waals surface area contributed by atoms with Crippen LogP contribution < -0.4 is 5.32 Å². The predicted molar refractivity (Wildman–Crippen MR) is 67.0 cm³/mol. The van der Waals surface area contributed by atoms with E-state index < -0.39 is 0 Å². The molecule has 0 radical (unpaired) electrons. The summed E-state index contributed by atoms with van der Waals surface area (Å²) >= 11 is 2.06. The quantitative estimate of drug-likeness (QED) is 0.755. The van der Waals surface area contributed by atoms with Crippen LogP contribution in [0.15, 0.2) is 0 Å². The molecule has 0 bridgehead atoms. The van der Waals surface area contributed by atoms with Gasteiger partial charge in [0.15, 0.2) is 0 Å². The molecule has 14 heavy (non-hydrogen) atoms. The topological polar surface area (TPSA) is 12.0 Å². The Bertz CT molecular complexity index is 149. The molecule has 3 atom stereocenters. The van der Waals surface area contributed by atoms with Crippen LogP contribution in [0.2, 0.25) is 0 Å². The van der Waals surface area contributed by atoms with Crippen molar-refractivity contribution in [2.24, 2.45) is 5.92 Å². The van der Waals surface area contributed by atoms with E-state index in [-0.39, 0.29) is 0 Å². The molecular weight excluding hydrogens is 190 g/mol. The molecule has 0 amide bonds. The van der Waals surface area contributed by atoms with Crippen molar-refractivity contribution in [3.05, 3.63) is 0 Å². The molecule has 1 nitrogen and oxygen atoms in total. The summed E-state index contributed by atoms with van der Waals surface area (Å²) in [6, 6.07) is 0.785. The molecule has 1 aliphatic carbocycles. The molecule has 0 aromatic carbocycles. The maximum absolute atomic E-state index is 3.70. The maximum Gasteiger partial charge on any atom is 0.0201 e. The largest absolute Gasteiger partial charge is 0.313 e. The highest BCUT2D eigenvalue weighted by atomic mass is 32.2. The highest BCUT2D eigenvalue weighted by Gasteiger charge is 2.28. The molecule has 0 saturated heterocycles. The lowest BCUT2D eigenvalue weighted by Crippen LogP contribution is -2.42. The van der Waals surface area contributed by atoms with Crippen LogP contribution in [0.4, 0.5) is 0 Å². The van der Waals surface area contributed by atoms with E-state index in [1.54, 1.807) is 0 Å². The van der Waals surface area contributed by atoms with Gasteiger partial charge in [-0.1, -0.05) is 20.3 Å². The molecule has 0 aromatic rings. The molecule has 0 aliphatic heterocycles. The van der Waals surface area contributed by atoms with Gasteiger partial charge in [-0.05, 0) is 44.4 Å². The van der Waals surface area contributed by atoms with Gasteiger partial charge in [-0.3, -0.25) is 0 Å². The number of hydrogen-bond acceptors (Lipinski definition) is 2. The van der Waals surface area contributed by atoms with Gasteiger partial charge in [0, 0.05) is 11.3 Å². The third-order valence-corrected chi connectivity index (χ3v) is 4.56. The lowest BCUT2D eigenvalue weighted by molar-refractivity contribution is 0.295. The van der Waals surface area contributed by atoms with Crippen molar-refractivity contribution >= 4 is 11.8 Å². The van der Waals surface area contributed by atoms with Gasteiger partial charge in [0.1, 0.15) is 0 Å². The van der Waals surface area contributed by atoms with Gasteiger partial charge in [0.2, 0.25) is 0 Å². The number of rotatable bonds is 5. The van der Waals surface area contributed by atoms with Gasteiger partial charge in [0.25, 0.3) is 0 Å². The normalized spacial score (nSPS) is 33.2. The van der Waals surface area contributed by atoms with Crippen LogP contribution in [0.5, 0.6) is 0 Å². The van der Waals surface area contributed by atoms with Crippen molar-refractivity contribution in [3.63, 3.8) is 0 Å². The Morgan fingerprint density at radius 2 is 2.07 bits per heavy atom. The molecule has 0 spiro atoms. The molecule has 0 heterocycles. The van der Waals surface area contributed by atoms with Crippen LogP contribution in [0.3, 0.4) is 0 Å². The molecule has 1 fully saturated rings. The third kappa shape index (κ3) is 3.47. The lowest BCUT2D eigenvalue weighted by atomic mass is 9.84. The predicted octanol–water partition coefficient (Wildman–Crippen LogP) is 3.30. The molecule has 1 saturated carbocycles. The fourth-order valence-electron chi connectivity index (χ4n) is 2.41. The average molecular weight is 215 g/mol. The molecule has 84 valence electrons. The number of thioether (sulfide) groups is 1. The zero-order valence-electron chi connectivity index (χ0n) is 9.88. The van der Waals surface area contributed by atoms with E-state index in [0.717, 1.165) is 17.2 Å². The van der Waals surface area contributed by atoms with Crippen molar-refractivity contribution in [1.29, 1.82) is 0 Å². The van der Waals surface area contributed by atoms with Gasteiger partial charge in [-0.15, -0.1) is 0 Å². The summed E-state index contributed by atoms with van der Waals surface area (Å²) in [6.45, 7) is 5.78. The smallest absolute Gasteiger partial charge is 0.0201 e. The number of nitrogens with one attached hydrogen (secondary N) is 1. The average Bonchev–Trinajstić information content (AvgIpc) is 2.26. The SMILES string of the molecule is CCCNC1CCC(CC)CC1SC. The van der Waals surface area contributed by atoms with Gasteiger partial charge in [-0.2, -0.15) is 11.8 Å². The third-order valence-electron chi connectivity index (χ3n) is 3.44. The highest BCUT2D eigenvalue weighted by molar-refractivity contribution is 7.99. The first kappa shape index (κ1) is 12.4. The Balaban J connectivity index is 2.35. The van der Waals surface area contributed by atoms with E-state index in [9.17, 15) is 0 Å². The van der Waals surface area contributed by atoms with Crippen molar-refractivity contribution in [3.8, 4) is 0 Å². The van der Waals surface area contributed by atoms with Crippen LogP contribution in [0, 0.1) is 5.92 Å². The van der Waals surface area contributed by atoms with Crippen molar-refractivity contribution in [2.75, 3.05) is 12.8 Å². The Morgan fingerprint density at radius 3 is 2.64 bits per heavy atom. The Morgan fingerprint density at radius 1 is 1.29 bits per heavy atom. The van der Waals surface area contributed by atoms with Crippen molar-refractivity contribution < 1.29 is 0 Å². The minimum absolute atomic E-state index is 0.785. The van der Waals surface area contributed by atoms with E-state index in [0.29, 0.717) is 0 Å². The van der Waals surface area contributed by atoms with E-state index in [4.69, 9.17) is 0 Å². The summed E-state index contributed by atoms with van der Waals surface area (Å²) in [4.78, 5) is 0. The molecule has 3 unspecified atom stereocenters. The van der Waals surface area contributed by atoms with Gasteiger partial charge in [0.05, 0.1) is 0 Å². The summed E-state index contributed by atoms with van der Waals surface area (Å²) in [5, 5.41) is 4.56. The number of hydrogen-bond donors (Lipinski definition) is 1.